The van der Waals surface area contributed by atoms with E-state index in [-0.39, 0.29) is 5.91 Å². The number of nitrogens with one attached hydrogen (secondary N) is 1. The second-order valence-corrected chi connectivity index (χ2v) is 7.33. The maximum absolute atomic E-state index is 13.3. The monoisotopic (exact) mass is 366 g/mol. The Morgan fingerprint density at radius 2 is 2.04 bits per heavy atom. The SMILES string of the molecule is CCC(Oc1ccccc1)C(=O)N(Cc1cccc(C)c1)CC1CCCN1. The van der Waals surface area contributed by atoms with Crippen molar-refractivity contribution in [3.05, 3.63) is 65.7 Å². The van der Waals surface area contributed by atoms with Crippen LogP contribution in [0.15, 0.2) is 54.6 Å². The first-order chi connectivity index (χ1) is 13.2. The van der Waals surface area contributed by atoms with Gasteiger partial charge in [0.25, 0.3) is 5.91 Å². The highest BCUT2D eigenvalue weighted by Gasteiger charge is 2.28. The molecule has 4 nitrogen and oxygen atoms in total. The second kappa shape index (κ2) is 9.56. The highest BCUT2D eigenvalue weighted by atomic mass is 16.5. The molecule has 1 fully saturated rings. The van der Waals surface area contributed by atoms with Gasteiger partial charge in [0.2, 0.25) is 0 Å². The van der Waals surface area contributed by atoms with E-state index in [1.165, 1.54) is 12.0 Å². The highest BCUT2D eigenvalue weighted by molar-refractivity contribution is 5.81. The number of para-hydroxylation sites is 1. The zero-order chi connectivity index (χ0) is 19.1. The zero-order valence-electron chi connectivity index (χ0n) is 16.4. The van der Waals surface area contributed by atoms with Crippen molar-refractivity contribution in [2.45, 2.75) is 51.8 Å². The molecule has 0 radical (unpaired) electrons. The fourth-order valence-electron chi connectivity index (χ4n) is 3.62. The van der Waals surface area contributed by atoms with Gasteiger partial charge in [-0.2, -0.15) is 0 Å². The van der Waals surface area contributed by atoms with Crippen LogP contribution in [0.25, 0.3) is 0 Å². The van der Waals surface area contributed by atoms with Crippen molar-refractivity contribution in [2.24, 2.45) is 0 Å². The lowest BCUT2D eigenvalue weighted by molar-refractivity contribution is -0.139. The molecule has 0 aliphatic carbocycles. The number of carbonyl (C=O) groups excluding carboxylic acids is 1. The lowest BCUT2D eigenvalue weighted by atomic mass is 10.1. The first-order valence-electron chi connectivity index (χ1n) is 9.95. The highest BCUT2D eigenvalue weighted by Crippen LogP contribution is 2.18. The molecular formula is C23H30N2O2. The Kier molecular flexibility index (Phi) is 6.88. The van der Waals surface area contributed by atoms with Gasteiger partial charge in [0, 0.05) is 19.1 Å². The van der Waals surface area contributed by atoms with E-state index in [4.69, 9.17) is 4.74 Å². The van der Waals surface area contributed by atoms with E-state index in [9.17, 15) is 4.79 Å². The summed E-state index contributed by atoms with van der Waals surface area (Å²) in [5.74, 6) is 0.809. The predicted molar refractivity (Wildman–Crippen MR) is 109 cm³/mol. The van der Waals surface area contributed by atoms with Gasteiger partial charge in [0.05, 0.1) is 0 Å². The lowest BCUT2D eigenvalue weighted by Crippen LogP contribution is -2.46. The van der Waals surface area contributed by atoms with Gasteiger partial charge in [0.1, 0.15) is 5.75 Å². The maximum atomic E-state index is 13.3. The largest absolute Gasteiger partial charge is 0.481 e. The average Bonchev–Trinajstić information content (AvgIpc) is 3.19. The minimum Gasteiger partial charge on any atom is -0.481 e. The summed E-state index contributed by atoms with van der Waals surface area (Å²) in [6, 6.07) is 18.4. The molecule has 27 heavy (non-hydrogen) atoms. The van der Waals surface area contributed by atoms with Gasteiger partial charge in [-0.05, 0) is 50.4 Å². The number of ether oxygens (including phenoxy) is 1. The molecule has 2 unspecified atom stereocenters. The van der Waals surface area contributed by atoms with Crippen LogP contribution in [0.5, 0.6) is 5.75 Å². The van der Waals surface area contributed by atoms with E-state index in [0.29, 0.717) is 19.0 Å². The summed E-state index contributed by atoms with van der Waals surface area (Å²) in [6.07, 6.45) is 2.48. The topological polar surface area (TPSA) is 41.6 Å². The van der Waals surface area contributed by atoms with Crippen molar-refractivity contribution in [1.82, 2.24) is 10.2 Å². The summed E-state index contributed by atoms with van der Waals surface area (Å²) < 4.78 is 6.02. The molecule has 1 saturated heterocycles. The predicted octanol–water partition coefficient (Wildman–Crippen LogP) is 3.93. The van der Waals surface area contributed by atoms with Gasteiger partial charge in [0.15, 0.2) is 6.10 Å². The molecule has 0 spiro atoms. The third kappa shape index (κ3) is 5.57. The van der Waals surface area contributed by atoms with E-state index in [0.717, 1.165) is 30.8 Å². The number of amides is 1. The Morgan fingerprint density at radius 1 is 1.22 bits per heavy atom. The van der Waals surface area contributed by atoms with Crippen LogP contribution in [0.1, 0.15) is 37.3 Å². The van der Waals surface area contributed by atoms with E-state index in [1.54, 1.807) is 0 Å². The van der Waals surface area contributed by atoms with Crippen LogP contribution in [0, 0.1) is 6.92 Å². The van der Waals surface area contributed by atoms with Crippen LogP contribution in [-0.4, -0.2) is 36.0 Å². The molecule has 4 heteroatoms. The van der Waals surface area contributed by atoms with Gasteiger partial charge in [-0.25, -0.2) is 0 Å². The molecule has 1 heterocycles. The van der Waals surface area contributed by atoms with E-state index < -0.39 is 6.10 Å². The van der Waals surface area contributed by atoms with Crippen LogP contribution in [-0.2, 0) is 11.3 Å². The first-order valence-corrected chi connectivity index (χ1v) is 9.95. The summed E-state index contributed by atoms with van der Waals surface area (Å²) in [5.41, 5.74) is 2.38. The number of aryl methyl sites for hydroxylation is 1. The van der Waals surface area contributed by atoms with Crippen molar-refractivity contribution in [1.29, 1.82) is 0 Å². The maximum Gasteiger partial charge on any atom is 0.263 e. The zero-order valence-corrected chi connectivity index (χ0v) is 16.4. The van der Waals surface area contributed by atoms with Gasteiger partial charge in [-0.15, -0.1) is 0 Å². The van der Waals surface area contributed by atoms with Crippen LogP contribution >= 0.6 is 0 Å². The first kappa shape index (κ1) is 19.4. The Hall–Kier alpha value is -2.33. The second-order valence-electron chi connectivity index (χ2n) is 7.33. The molecule has 2 aromatic carbocycles. The Morgan fingerprint density at radius 3 is 2.70 bits per heavy atom. The molecule has 0 saturated carbocycles. The fraction of sp³-hybridized carbons (Fsp3) is 0.435. The van der Waals surface area contributed by atoms with E-state index >= 15 is 0 Å². The molecule has 3 rings (SSSR count). The molecule has 144 valence electrons. The number of hydrogen-bond acceptors (Lipinski definition) is 3. The van der Waals surface area contributed by atoms with Gasteiger partial charge in [-0.3, -0.25) is 4.79 Å². The fourth-order valence-corrected chi connectivity index (χ4v) is 3.62. The summed E-state index contributed by atoms with van der Waals surface area (Å²) in [4.78, 5) is 15.3. The van der Waals surface area contributed by atoms with Crippen molar-refractivity contribution in [3.63, 3.8) is 0 Å². The molecule has 1 aliphatic rings. The molecule has 2 aromatic rings. The van der Waals surface area contributed by atoms with Gasteiger partial charge < -0.3 is 15.0 Å². The minimum absolute atomic E-state index is 0.0663. The quantitative estimate of drug-likeness (QED) is 0.770. The summed E-state index contributed by atoms with van der Waals surface area (Å²) in [5, 5.41) is 3.51. The molecule has 2 atom stereocenters. The number of hydrogen-bond donors (Lipinski definition) is 1. The third-order valence-electron chi connectivity index (χ3n) is 5.04. The Bertz CT molecular complexity index is 726. The summed E-state index contributed by atoms with van der Waals surface area (Å²) in [6.45, 7) is 6.47. The van der Waals surface area contributed by atoms with Crippen molar-refractivity contribution in [3.8, 4) is 5.75 Å². The number of rotatable bonds is 8. The summed E-state index contributed by atoms with van der Waals surface area (Å²) >= 11 is 0. The van der Waals surface area contributed by atoms with E-state index in [2.05, 4.69) is 36.5 Å². The van der Waals surface area contributed by atoms with Gasteiger partial charge >= 0.3 is 0 Å². The standard InChI is InChI=1S/C23H30N2O2/c1-3-22(27-21-12-5-4-6-13-21)23(26)25(17-20-11-8-14-24-20)16-19-10-7-9-18(2)15-19/h4-7,9-10,12-13,15,20,22,24H,3,8,11,14,16-17H2,1-2H3. The molecule has 0 bridgehead atoms. The molecule has 1 aliphatic heterocycles. The van der Waals surface area contributed by atoms with Crippen LogP contribution < -0.4 is 10.1 Å². The van der Waals surface area contributed by atoms with Gasteiger partial charge in [-0.1, -0.05) is 55.0 Å². The third-order valence-corrected chi connectivity index (χ3v) is 5.04. The molecular weight excluding hydrogens is 336 g/mol. The van der Waals surface area contributed by atoms with Crippen molar-refractivity contribution >= 4 is 5.91 Å². The number of benzene rings is 2. The van der Waals surface area contributed by atoms with E-state index in [1.807, 2.05) is 42.2 Å². The van der Waals surface area contributed by atoms with Crippen molar-refractivity contribution in [2.75, 3.05) is 13.1 Å². The minimum atomic E-state index is -0.460. The lowest BCUT2D eigenvalue weighted by Gasteiger charge is -2.30. The summed E-state index contributed by atoms with van der Waals surface area (Å²) in [7, 11) is 0. The smallest absolute Gasteiger partial charge is 0.263 e. The number of carbonyl (C=O) groups is 1. The number of nitrogens with zero attached hydrogens (tertiary/aromatic N) is 1. The van der Waals surface area contributed by atoms with Crippen LogP contribution in [0.2, 0.25) is 0 Å². The molecule has 1 amide bonds. The normalized spacial score (nSPS) is 17.5. The average molecular weight is 367 g/mol. The van der Waals surface area contributed by atoms with Crippen molar-refractivity contribution < 1.29 is 9.53 Å². The Labute approximate surface area is 162 Å². The molecule has 0 aromatic heterocycles. The Balaban J connectivity index is 1.75. The van der Waals surface area contributed by atoms with Crippen LogP contribution in [0.4, 0.5) is 0 Å². The van der Waals surface area contributed by atoms with Crippen LogP contribution in [0.3, 0.4) is 0 Å². The molecule has 1 N–H and O–H groups in total.